The lowest BCUT2D eigenvalue weighted by Gasteiger charge is -2.25. The molecule has 1 heterocycles. The average Bonchev–Trinajstić information content (AvgIpc) is 3.03. The van der Waals surface area contributed by atoms with Crippen LogP contribution in [0, 0.1) is 5.92 Å². The quantitative estimate of drug-likeness (QED) is 0.429. The molecule has 24 heavy (non-hydrogen) atoms. The molecule has 0 bridgehead atoms. The molecule has 0 aromatic carbocycles. The molecule has 3 rings (SSSR count). The largest absolute Gasteiger partial charge is 0.469 e. The van der Waals surface area contributed by atoms with Gasteiger partial charge in [-0.1, -0.05) is 12.8 Å². The van der Waals surface area contributed by atoms with Gasteiger partial charge in [-0.3, -0.25) is 4.99 Å². The summed E-state index contributed by atoms with van der Waals surface area (Å²) >= 11 is 0. The minimum Gasteiger partial charge on any atom is -0.469 e. The van der Waals surface area contributed by atoms with Crippen LogP contribution in [0.1, 0.15) is 44.3 Å². The van der Waals surface area contributed by atoms with Crippen LogP contribution in [0.25, 0.3) is 0 Å². The summed E-state index contributed by atoms with van der Waals surface area (Å²) < 4.78 is 11.2. The zero-order valence-corrected chi connectivity index (χ0v) is 14.9. The Morgan fingerprint density at radius 3 is 2.88 bits per heavy atom. The molecule has 0 amide bonds. The molecule has 1 N–H and O–H groups in total. The molecule has 0 aliphatic heterocycles. The highest BCUT2D eigenvalue weighted by Gasteiger charge is 2.21. The van der Waals surface area contributed by atoms with E-state index in [1.807, 2.05) is 12.1 Å². The summed E-state index contributed by atoms with van der Waals surface area (Å²) in [6.45, 7) is 3.33. The lowest BCUT2D eigenvalue weighted by molar-refractivity contribution is 0.115. The molecule has 0 atom stereocenters. The number of ether oxygens (including phenoxy) is 1. The molecular weight excluding hydrogens is 302 g/mol. The molecule has 134 valence electrons. The van der Waals surface area contributed by atoms with Crippen molar-refractivity contribution in [1.29, 1.82) is 0 Å². The Labute approximate surface area is 145 Å². The van der Waals surface area contributed by atoms with Gasteiger partial charge in [-0.05, 0) is 43.7 Å². The molecule has 2 saturated carbocycles. The summed E-state index contributed by atoms with van der Waals surface area (Å²) in [7, 11) is 2.11. The monoisotopic (exact) mass is 333 g/mol. The third kappa shape index (κ3) is 5.86. The minimum absolute atomic E-state index is 0.571. The number of nitrogens with zero attached hydrogens (tertiary/aromatic N) is 2. The van der Waals surface area contributed by atoms with Gasteiger partial charge >= 0.3 is 0 Å². The number of furan rings is 1. The van der Waals surface area contributed by atoms with Crippen LogP contribution in [-0.2, 0) is 11.2 Å². The minimum atomic E-state index is 0.571. The van der Waals surface area contributed by atoms with E-state index in [4.69, 9.17) is 14.1 Å². The summed E-state index contributed by atoms with van der Waals surface area (Å²) in [4.78, 5) is 7.01. The van der Waals surface area contributed by atoms with Gasteiger partial charge in [-0.15, -0.1) is 0 Å². The van der Waals surface area contributed by atoms with Gasteiger partial charge in [0.25, 0.3) is 0 Å². The number of nitrogens with one attached hydrogen (secondary N) is 1. The molecule has 1 aromatic rings. The van der Waals surface area contributed by atoms with E-state index in [1.54, 1.807) is 6.26 Å². The highest BCUT2D eigenvalue weighted by Crippen LogP contribution is 2.28. The highest BCUT2D eigenvalue weighted by molar-refractivity contribution is 5.80. The average molecular weight is 333 g/mol. The molecule has 0 spiro atoms. The second-order valence-corrected chi connectivity index (χ2v) is 7.10. The topological polar surface area (TPSA) is 50.0 Å². The van der Waals surface area contributed by atoms with E-state index < -0.39 is 0 Å². The Morgan fingerprint density at radius 2 is 2.17 bits per heavy atom. The first-order valence-electron chi connectivity index (χ1n) is 9.43. The summed E-state index contributed by atoms with van der Waals surface area (Å²) in [5.74, 6) is 2.83. The van der Waals surface area contributed by atoms with Gasteiger partial charge in [-0.25, -0.2) is 0 Å². The van der Waals surface area contributed by atoms with E-state index in [0.29, 0.717) is 6.04 Å². The second-order valence-electron chi connectivity index (χ2n) is 7.10. The highest BCUT2D eigenvalue weighted by atomic mass is 16.5. The zero-order chi connectivity index (χ0) is 16.6. The van der Waals surface area contributed by atoms with Crippen molar-refractivity contribution < 1.29 is 9.15 Å². The van der Waals surface area contributed by atoms with Gasteiger partial charge in [0.15, 0.2) is 5.96 Å². The second kappa shape index (κ2) is 9.11. The van der Waals surface area contributed by atoms with Crippen molar-refractivity contribution in [2.24, 2.45) is 10.9 Å². The predicted molar refractivity (Wildman–Crippen MR) is 96.3 cm³/mol. The van der Waals surface area contributed by atoms with Crippen molar-refractivity contribution in [2.45, 2.75) is 51.0 Å². The summed E-state index contributed by atoms with van der Waals surface area (Å²) in [6.07, 6.45) is 10.4. The number of aliphatic imine (C=N–C) groups is 1. The third-order valence-corrected chi connectivity index (χ3v) is 4.87. The Morgan fingerprint density at radius 1 is 1.33 bits per heavy atom. The van der Waals surface area contributed by atoms with Gasteiger partial charge in [0.1, 0.15) is 5.76 Å². The fraction of sp³-hybridized carbons (Fsp3) is 0.737. The smallest absolute Gasteiger partial charge is 0.193 e. The Balaban J connectivity index is 1.46. The molecule has 2 fully saturated rings. The predicted octanol–water partition coefficient (Wildman–Crippen LogP) is 3.07. The van der Waals surface area contributed by atoms with Gasteiger partial charge < -0.3 is 19.4 Å². The van der Waals surface area contributed by atoms with Crippen LogP contribution in [0.2, 0.25) is 0 Å². The van der Waals surface area contributed by atoms with E-state index in [-0.39, 0.29) is 0 Å². The van der Waals surface area contributed by atoms with E-state index in [9.17, 15) is 0 Å². The lowest BCUT2D eigenvalue weighted by atomic mass is 10.2. The van der Waals surface area contributed by atoms with Crippen LogP contribution in [0.3, 0.4) is 0 Å². The van der Waals surface area contributed by atoms with E-state index in [0.717, 1.165) is 50.4 Å². The number of guanidine groups is 1. The maximum atomic E-state index is 5.77. The molecule has 2 aliphatic rings. The number of likely N-dealkylation sites (N-methyl/N-ethyl adjacent to an activating group) is 1. The molecule has 0 radical (unpaired) electrons. The number of hydrogen-bond acceptors (Lipinski definition) is 3. The van der Waals surface area contributed by atoms with E-state index in [1.165, 1.54) is 38.5 Å². The first kappa shape index (κ1) is 17.3. The lowest BCUT2D eigenvalue weighted by Crippen LogP contribution is -2.44. The zero-order valence-electron chi connectivity index (χ0n) is 14.9. The van der Waals surface area contributed by atoms with Crippen LogP contribution in [0.4, 0.5) is 0 Å². The van der Waals surface area contributed by atoms with Crippen molar-refractivity contribution in [3.8, 4) is 0 Å². The van der Waals surface area contributed by atoms with Crippen molar-refractivity contribution in [3.05, 3.63) is 24.2 Å². The van der Waals surface area contributed by atoms with Crippen molar-refractivity contribution in [3.63, 3.8) is 0 Å². The van der Waals surface area contributed by atoms with Gasteiger partial charge in [-0.2, -0.15) is 0 Å². The fourth-order valence-electron chi connectivity index (χ4n) is 3.10. The molecule has 5 nitrogen and oxygen atoms in total. The summed E-state index contributed by atoms with van der Waals surface area (Å²) in [6, 6.07) is 4.51. The third-order valence-electron chi connectivity index (χ3n) is 4.87. The molecule has 0 saturated heterocycles. The molecule has 1 aromatic heterocycles. The Kier molecular flexibility index (Phi) is 6.58. The molecule has 0 unspecified atom stereocenters. The first-order valence-corrected chi connectivity index (χ1v) is 9.43. The van der Waals surface area contributed by atoms with Crippen molar-refractivity contribution in [2.75, 3.05) is 33.4 Å². The van der Waals surface area contributed by atoms with E-state index >= 15 is 0 Å². The van der Waals surface area contributed by atoms with Gasteiger partial charge in [0.05, 0.1) is 12.9 Å². The Hall–Kier alpha value is -1.49. The van der Waals surface area contributed by atoms with Crippen LogP contribution in [0.5, 0.6) is 0 Å². The van der Waals surface area contributed by atoms with Gasteiger partial charge in [0.2, 0.25) is 0 Å². The van der Waals surface area contributed by atoms with Crippen LogP contribution >= 0.6 is 0 Å². The molecule has 5 heteroatoms. The van der Waals surface area contributed by atoms with Crippen LogP contribution in [0.15, 0.2) is 27.8 Å². The SMILES string of the molecule is CN(CCOCC1CC1)C(=NCCc1ccco1)NC1CCCC1. The van der Waals surface area contributed by atoms with Crippen molar-refractivity contribution in [1.82, 2.24) is 10.2 Å². The molecular formula is C19H31N3O2. The first-order chi connectivity index (χ1) is 11.8. The standard InChI is InChI=1S/C19H31N3O2/c1-22(12-14-23-15-16-8-9-16)19(21-17-5-2-3-6-17)20-11-10-18-7-4-13-24-18/h4,7,13,16-17H,2-3,5-6,8-12,14-15H2,1H3,(H,20,21). The number of rotatable bonds is 9. The fourth-order valence-corrected chi connectivity index (χ4v) is 3.10. The van der Waals surface area contributed by atoms with Gasteiger partial charge in [0, 0.05) is 39.2 Å². The Bertz CT molecular complexity index is 491. The summed E-state index contributed by atoms with van der Waals surface area (Å²) in [5.41, 5.74) is 0. The van der Waals surface area contributed by atoms with Crippen LogP contribution < -0.4 is 5.32 Å². The van der Waals surface area contributed by atoms with E-state index in [2.05, 4.69) is 17.3 Å². The number of hydrogen-bond donors (Lipinski definition) is 1. The van der Waals surface area contributed by atoms with Crippen LogP contribution in [-0.4, -0.2) is 50.3 Å². The summed E-state index contributed by atoms with van der Waals surface area (Å²) in [5, 5.41) is 3.65. The maximum Gasteiger partial charge on any atom is 0.193 e. The maximum absolute atomic E-state index is 5.77. The molecule has 2 aliphatic carbocycles. The van der Waals surface area contributed by atoms with Crippen molar-refractivity contribution >= 4 is 5.96 Å². The normalized spacial score (nSPS) is 19.0.